The third-order valence-corrected chi connectivity index (χ3v) is 2.94. The van der Waals surface area contributed by atoms with Crippen molar-refractivity contribution in [1.82, 2.24) is 0 Å². The maximum absolute atomic E-state index is 12.5. The number of hydrogen-bond donors (Lipinski definition) is 0. The number of rotatable bonds is 0. The molecule has 0 amide bonds. The van der Waals surface area contributed by atoms with E-state index in [-0.39, 0.29) is 0 Å². The van der Waals surface area contributed by atoms with E-state index in [9.17, 15) is 34.8 Å². The van der Waals surface area contributed by atoms with Crippen molar-refractivity contribution in [3.63, 3.8) is 0 Å². The highest BCUT2D eigenvalue weighted by molar-refractivity contribution is 7.88. The van der Waals surface area contributed by atoms with Gasteiger partial charge in [-0.1, -0.05) is 6.58 Å². The molecule has 0 atom stereocenters. The van der Waals surface area contributed by atoms with Crippen LogP contribution in [-0.2, 0) is 14.3 Å². The minimum atomic E-state index is -6.15. The molecule has 0 unspecified atom stereocenters. The minimum Gasteiger partial charge on any atom is -0.376 e. The monoisotopic (exact) mass is 256 g/mol. The van der Waals surface area contributed by atoms with Crippen molar-refractivity contribution in [2.24, 2.45) is 0 Å². The standard InChI is InChI=1S/C5H2F6O3S/c1-2-3(6,7)4(8,9)5(10,11)15(12,13)14-2/h1H2. The normalized spacial score (nSPS) is 30.7. The fourth-order valence-corrected chi connectivity index (χ4v) is 1.67. The lowest BCUT2D eigenvalue weighted by Gasteiger charge is -2.36. The van der Waals surface area contributed by atoms with Crippen LogP contribution < -0.4 is 0 Å². The highest BCUT2D eigenvalue weighted by Gasteiger charge is 2.83. The first kappa shape index (κ1) is 12.1. The predicted octanol–water partition coefficient (Wildman–Crippen LogP) is 1.72. The summed E-state index contributed by atoms with van der Waals surface area (Å²) in [7, 11) is -6.15. The van der Waals surface area contributed by atoms with E-state index in [2.05, 4.69) is 10.8 Å². The van der Waals surface area contributed by atoms with E-state index >= 15 is 0 Å². The SMILES string of the molecule is C=C1OS(=O)(=O)C(F)(F)C(F)(F)C1(F)F. The van der Waals surface area contributed by atoms with Gasteiger partial charge in [-0.15, -0.1) is 0 Å². The van der Waals surface area contributed by atoms with Crippen LogP contribution in [0.25, 0.3) is 0 Å². The van der Waals surface area contributed by atoms with Gasteiger partial charge >= 0.3 is 27.2 Å². The molecule has 1 heterocycles. The van der Waals surface area contributed by atoms with Crippen LogP contribution in [0, 0.1) is 0 Å². The lowest BCUT2D eigenvalue weighted by molar-refractivity contribution is -0.283. The number of halogens is 6. The summed E-state index contributed by atoms with van der Waals surface area (Å²) in [5.74, 6) is -13.8. The van der Waals surface area contributed by atoms with Gasteiger partial charge in [-0.25, -0.2) is 0 Å². The van der Waals surface area contributed by atoms with E-state index in [1.165, 1.54) is 0 Å². The zero-order chi connectivity index (χ0) is 12.3. The first-order valence-corrected chi connectivity index (χ1v) is 4.55. The quantitative estimate of drug-likeness (QED) is 0.489. The summed E-state index contributed by atoms with van der Waals surface area (Å²) in [5.41, 5.74) is 0. The van der Waals surface area contributed by atoms with E-state index in [0.717, 1.165) is 0 Å². The molecule has 1 aliphatic heterocycles. The van der Waals surface area contributed by atoms with Crippen molar-refractivity contribution >= 4 is 10.1 Å². The molecule has 1 saturated heterocycles. The summed E-state index contributed by atoms with van der Waals surface area (Å²) in [6.45, 7) is 2.16. The number of alkyl halides is 6. The Morgan fingerprint density at radius 3 is 1.87 bits per heavy atom. The summed E-state index contributed by atoms with van der Waals surface area (Å²) in [4.78, 5) is 0. The maximum atomic E-state index is 12.5. The second kappa shape index (κ2) is 2.60. The lowest BCUT2D eigenvalue weighted by atomic mass is 10.1. The van der Waals surface area contributed by atoms with Crippen LogP contribution in [0.3, 0.4) is 0 Å². The van der Waals surface area contributed by atoms with Crippen molar-refractivity contribution in [1.29, 1.82) is 0 Å². The summed E-state index contributed by atoms with van der Waals surface area (Å²) >= 11 is 0. The van der Waals surface area contributed by atoms with Gasteiger partial charge in [0.1, 0.15) is 0 Å². The van der Waals surface area contributed by atoms with Crippen molar-refractivity contribution in [2.75, 3.05) is 0 Å². The molecule has 10 heteroatoms. The molecule has 0 spiro atoms. The molecule has 0 radical (unpaired) electrons. The molecule has 0 aliphatic carbocycles. The zero-order valence-corrected chi connectivity index (χ0v) is 7.42. The minimum absolute atomic E-state index is 2.16. The Kier molecular flexibility index (Phi) is 2.10. The molecule has 0 bridgehead atoms. The Hall–Kier alpha value is -0.930. The molecule has 0 N–H and O–H groups in total. The maximum Gasteiger partial charge on any atom is 0.449 e. The molecule has 15 heavy (non-hydrogen) atoms. The van der Waals surface area contributed by atoms with Crippen LogP contribution in [0.4, 0.5) is 26.3 Å². The van der Waals surface area contributed by atoms with Gasteiger partial charge < -0.3 is 4.18 Å². The average Bonchev–Trinajstić information content (AvgIpc) is 2.00. The summed E-state index contributed by atoms with van der Waals surface area (Å²) < 4.78 is 98.6. The van der Waals surface area contributed by atoms with Crippen molar-refractivity contribution in [3.05, 3.63) is 12.3 Å². The molecule has 1 fully saturated rings. The van der Waals surface area contributed by atoms with Crippen LogP contribution >= 0.6 is 0 Å². The molecule has 0 saturated carbocycles. The fourth-order valence-electron chi connectivity index (χ4n) is 0.752. The largest absolute Gasteiger partial charge is 0.449 e. The zero-order valence-electron chi connectivity index (χ0n) is 6.61. The molecule has 1 rings (SSSR count). The third kappa shape index (κ3) is 1.17. The molecule has 3 nitrogen and oxygen atoms in total. The highest BCUT2D eigenvalue weighted by atomic mass is 32.2. The highest BCUT2D eigenvalue weighted by Crippen LogP contribution is 2.55. The Labute approximate surface area is 79.4 Å². The molecule has 88 valence electrons. The van der Waals surface area contributed by atoms with Gasteiger partial charge in [-0.2, -0.15) is 34.8 Å². The van der Waals surface area contributed by atoms with Crippen LogP contribution in [-0.4, -0.2) is 25.5 Å². The molecular formula is C5H2F6O3S. The average molecular weight is 256 g/mol. The predicted molar refractivity (Wildman–Crippen MR) is 34.0 cm³/mol. The Morgan fingerprint density at radius 1 is 1.07 bits per heavy atom. The van der Waals surface area contributed by atoms with E-state index < -0.39 is 33.0 Å². The van der Waals surface area contributed by atoms with Crippen molar-refractivity contribution in [2.45, 2.75) is 17.1 Å². The van der Waals surface area contributed by atoms with Crippen LogP contribution in [0.5, 0.6) is 0 Å². The van der Waals surface area contributed by atoms with Gasteiger partial charge in [-0.05, 0) is 0 Å². The van der Waals surface area contributed by atoms with Gasteiger partial charge in [0.2, 0.25) is 0 Å². The fraction of sp³-hybridized carbons (Fsp3) is 0.600. The van der Waals surface area contributed by atoms with E-state index in [4.69, 9.17) is 0 Å². The van der Waals surface area contributed by atoms with Gasteiger partial charge in [0.25, 0.3) is 0 Å². The summed E-state index contributed by atoms with van der Waals surface area (Å²) in [6, 6.07) is 0. The third-order valence-electron chi connectivity index (χ3n) is 1.63. The molecule has 0 aromatic heterocycles. The molecule has 1 aliphatic rings. The van der Waals surface area contributed by atoms with E-state index in [0.29, 0.717) is 0 Å². The second-order valence-corrected chi connectivity index (χ2v) is 4.21. The van der Waals surface area contributed by atoms with Gasteiger partial charge in [0.05, 0.1) is 0 Å². The molecular weight excluding hydrogens is 254 g/mol. The number of allylic oxidation sites excluding steroid dienone is 1. The first-order chi connectivity index (χ1) is 6.38. The van der Waals surface area contributed by atoms with Gasteiger partial charge in [-0.3, -0.25) is 0 Å². The Morgan fingerprint density at radius 2 is 1.47 bits per heavy atom. The van der Waals surface area contributed by atoms with Crippen molar-refractivity contribution < 1.29 is 38.9 Å². The van der Waals surface area contributed by atoms with Crippen LogP contribution in [0.2, 0.25) is 0 Å². The van der Waals surface area contributed by atoms with Crippen LogP contribution in [0.15, 0.2) is 12.3 Å². The van der Waals surface area contributed by atoms with E-state index in [1.807, 2.05) is 0 Å². The van der Waals surface area contributed by atoms with Crippen LogP contribution in [0.1, 0.15) is 0 Å². The van der Waals surface area contributed by atoms with Gasteiger partial charge in [0, 0.05) is 0 Å². The molecule has 0 aromatic carbocycles. The summed E-state index contributed by atoms with van der Waals surface area (Å²) in [5, 5.41) is -6.01. The lowest BCUT2D eigenvalue weighted by Crippen LogP contribution is -2.62. The summed E-state index contributed by atoms with van der Waals surface area (Å²) in [6.07, 6.45) is 0. The van der Waals surface area contributed by atoms with E-state index in [1.54, 1.807) is 0 Å². The second-order valence-electron chi connectivity index (χ2n) is 2.63. The topological polar surface area (TPSA) is 43.4 Å². The first-order valence-electron chi connectivity index (χ1n) is 3.15. The van der Waals surface area contributed by atoms with Crippen molar-refractivity contribution in [3.8, 4) is 0 Å². The Bertz CT molecular complexity index is 410. The van der Waals surface area contributed by atoms with Gasteiger partial charge in [0.15, 0.2) is 5.76 Å². The smallest absolute Gasteiger partial charge is 0.376 e. The number of hydrogen-bond acceptors (Lipinski definition) is 3. The Balaban J connectivity index is 3.50. The molecule has 0 aromatic rings.